The molecule has 0 aliphatic rings. The van der Waals surface area contributed by atoms with Crippen molar-refractivity contribution in [2.24, 2.45) is 0 Å². The fourth-order valence-electron chi connectivity index (χ4n) is 2.02. The molecule has 1 aromatic rings. The predicted octanol–water partition coefficient (Wildman–Crippen LogP) is 2.72. The van der Waals surface area contributed by atoms with Crippen LogP contribution in [0.2, 0.25) is 0 Å². The van der Waals surface area contributed by atoms with Gasteiger partial charge in [0.05, 0.1) is 13.0 Å². The highest BCUT2D eigenvalue weighted by Crippen LogP contribution is 2.16. The van der Waals surface area contributed by atoms with Crippen LogP contribution in [0.4, 0.5) is 0 Å². The van der Waals surface area contributed by atoms with E-state index in [1.165, 1.54) is 7.11 Å². The molecule has 1 N–H and O–H groups in total. The molecule has 1 aromatic carbocycles. The Hall–Kier alpha value is -1.35. The largest absolute Gasteiger partial charge is 0.469 e. The van der Waals surface area contributed by atoms with E-state index in [1.807, 2.05) is 30.3 Å². The van der Waals surface area contributed by atoms with Gasteiger partial charge in [-0.2, -0.15) is 0 Å². The molecule has 18 heavy (non-hydrogen) atoms. The molecular weight excluding hydrogens is 226 g/mol. The molecule has 0 saturated heterocycles. The number of hydrogen-bond donors (Lipinski definition) is 1. The zero-order chi connectivity index (χ0) is 13.4. The summed E-state index contributed by atoms with van der Waals surface area (Å²) in [5.41, 5.74) is 1.00. The zero-order valence-electron chi connectivity index (χ0n) is 11.5. The van der Waals surface area contributed by atoms with Crippen molar-refractivity contribution in [3.63, 3.8) is 0 Å². The van der Waals surface area contributed by atoms with E-state index in [9.17, 15) is 4.79 Å². The molecule has 0 amide bonds. The molecule has 0 bridgehead atoms. The van der Waals surface area contributed by atoms with Crippen LogP contribution in [0.15, 0.2) is 30.3 Å². The van der Waals surface area contributed by atoms with Gasteiger partial charge in [0, 0.05) is 12.6 Å². The lowest BCUT2D eigenvalue weighted by Crippen LogP contribution is -2.33. The van der Waals surface area contributed by atoms with E-state index in [2.05, 4.69) is 19.2 Å². The van der Waals surface area contributed by atoms with Gasteiger partial charge in [-0.1, -0.05) is 43.7 Å². The van der Waals surface area contributed by atoms with Crippen molar-refractivity contribution < 1.29 is 9.53 Å². The second-order valence-electron chi connectivity index (χ2n) is 4.58. The van der Waals surface area contributed by atoms with Gasteiger partial charge in [0.2, 0.25) is 0 Å². The van der Waals surface area contributed by atoms with Crippen LogP contribution in [0.5, 0.6) is 0 Å². The topological polar surface area (TPSA) is 38.3 Å². The fourth-order valence-corrected chi connectivity index (χ4v) is 2.02. The highest BCUT2D eigenvalue weighted by atomic mass is 16.5. The minimum Gasteiger partial charge on any atom is -0.469 e. The number of nitrogens with one attached hydrogen (secondary N) is 1. The fraction of sp³-hybridized carbons (Fsp3) is 0.533. The third kappa shape index (κ3) is 4.49. The maximum atomic E-state index is 11.8. The Morgan fingerprint density at radius 3 is 2.56 bits per heavy atom. The highest BCUT2D eigenvalue weighted by molar-refractivity contribution is 5.78. The van der Waals surface area contributed by atoms with Gasteiger partial charge in [-0.05, 0) is 18.9 Å². The molecule has 0 aliphatic heterocycles. The number of hydrogen-bond acceptors (Lipinski definition) is 3. The van der Waals surface area contributed by atoms with E-state index in [0.29, 0.717) is 12.6 Å². The Balaban J connectivity index is 2.66. The van der Waals surface area contributed by atoms with Gasteiger partial charge >= 0.3 is 5.97 Å². The first kappa shape index (κ1) is 14.7. The molecule has 0 fully saturated rings. The minimum atomic E-state index is -0.226. The maximum absolute atomic E-state index is 11.8. The van der Waals surface area contributed by atoms with Gasteiger partial charge in [0.15, 0.2) is 0 Å². The average Bonchev–Trinajstić information content (AvgIpc) is 2.40. The van der Waals surface area contributed by atoms with E-state index in [0.717, 1.165) is 18.4 Å². The Labute approximate surface area is 110 Å². The van der Waals surface area contributed by atoms with E-state index in [-0.39, 0.29) is 11.9 Å². The summed E-state index contributed by atoms with van der Waals surface area (Å²) in [5.74, 6) is -0.409. The number of carbonyl (C=O) groups excluding carboxylic acids is 1. The first-order valence-corrected chi connectivity index (χ1v) is 6.55. The number of benzene rings is 1. The lowest BCUT2D eigenvalue weighted by molar-refractivity contribution is -0.142. The van der Waals surface area contributed by atoms with Crippen molar-refractivity contribution in [1.82, 2.24) is 5.32 Å². The van der Waals surface area contributed by atoms with Crippen LogP contribution in [0.3, 0.4) is 0 Å². The first-order valence-electron chi connectivity index (χ1n) is 6.55. The van der Waals surface area contributed by atoms with Crippen LogP contribution in [0.25, 0.3) is 0 Å². The number of ether oxygens (including phenoxy) is 1. The van der Waals surface area contributed by atoms with E-state index < -0.39 is 0 Å². The average molecular weight is 249 g/mol. The summed E-state index contributed by atoms with van der Waals surface area (Å²) in [6.45, 7) is 4.92. The first-order chi connectivity index (χ1) is 8.69. The van der Waals surface area contributed by atoms with Crippen LogP contribution in [0.1, 0.15) is 38.2 Å². The van der Waals surface area contributed by atoms with Crippen molar-refractivity contribution in [2.45, 2.75) is 38.6 Å². The Morgan fingerprint density at radius 1 is 1.33 bits per heavy atom. The molecule has 1 rings (SSSR count). The Bertz CT molecular complexity index is 351. The van der Waals surface area contributed by atoms with Crippen molar-refractivity contribution in [1.29, 1.82) is 0 Å². The number of esters is 1. The molecule has 0 radical (unpaired) electrons. The Kier molecular flexibility index (Phi) is 6.44. The van der Waals surface area contributed by atoms with E-state index in [4.69, 9.17) is 4.74 Å². The van der Waals surface area contributed by atoms with Crippen molar-refractivity contribution in [3.05, 3.63) is 35.9 Å². The molecule has 0 aliphatic carbocycles. The van der Waals surface area contributed by atoms with E-state index in [1.54, 1.807) is 0 Å². The van der Waals surface area contributed by atoms with Crippen molar-refractivity contribution in [2.75, 3.05) is 13.7 Å². The van der Waals surface area contributed by atoms with E-state index >= 15 is 0 Å². The van der Waals surface area contributed by atoms with Crippen LogP contribution in [-0.4, -0.2) is 25.7 Å². The van der Waals surface area contributed by atoms with Gasteiger partial charge in [0.1, 0.15) is 0 Å². The highest BCUT2D eigenvalue weighted by Gasteiger charge is 2.21. The van der Waals surface area contributed by atoms with Crippen LogP contribution in [-0.2, 0) is 9.53 Å². The summed E-state index contributed by atoms with van der Waals surface area (Å²) >= 11 is 0. The molecule has 3 nitrogen and oxygen atoms in total. The second kappa shape index (κ2) is 7.88. The van der Waals surface area contributed by atoms with Crippen LogP contribution < -0.4 is 5.32 Å². The van der Waals surface area contributed by atoms with Gasteiger partial charge in [-0.25, -0.2) is 0 Å². The molecular formula is C15H23NO2. The second-order valence-corrected chi connectivity index (χ2v) is 4.58. The molecule has 0 saturated carbocycles. The smallest absolute Gasteiger partial charge is 0.314 e. The maximum Gasteiger partial charge on any atom is 0.314 e. The summed E-state index contributed by atoms with van der Waals surface area (Å²) in [4.78, 5) is 11.8. The van der Waals surface area contributed by atoms with Gasteiger partial charge in [0.25, 0.3) is 0 Å². The molecule has 2 unspecified atom stereocenters. The van der Waals surface area contributed by atoms with Crippen molar-refractivity contribution in [3.8, 4) is 0 Å². The predicted molar refractivity (Wildman–Crippen MR) is 73.6 cm³/mol. The molecule has 100 valence electrons. The quantitative estimate of drug-likeness (QED) is 0.755. The van der Waals surface area contributed by atoms with Crippen LogP contribution in [0, 0.1) is 0 Å². The standard InChI is InChI=1S/C15H23NO2/c1-4-8-12(2)16-11-14(15(17)18-3)13-9-6-5-7-10-13/h5-7,9-10,12,14,16H,4,8,11H2,1-3H3. The van der Waals surface area contributed by atoms with Gasteiger partial charge in [-0.15, -0.1) is 0 Å². The lowest BCUT2D eigenvalue weighted by atomic mass is 9.98. The number of methoxy groups -OCH3 is 1. The monoisotopic (exact) mass is 249 g/mol. The summed E-state index contributed by atoms with van der Waals surface area (Å²) in [6, 6.07) is 10.2. The summed E-state index contributed by atoms with van der Waals surface area (Å²) in [6.07, 6.45) is 2.26. The van der Waals surface area contributed by atoms with Crippen LogP contribution >= 0.6 is 0 Å². The van der Waals surface area contributed by atoms with Crippen molar-refractivity contribution >= 4 is 5.97 Å². The third-order valence-electron chi connectivity index (χ3n) is 3.08. The number of rotatable bonds is 7. The molecule has 0 heterocycles. The van der Waals surface area contributed by atoms with Gasteiger partial charge < -0.3 is 10.1 Å². The summed E-state index contributed by atoms with van der Waals surface area (Å²) in [5, 5.41) is 3.40. The molecule has 0 spiro atoms. The zero-order valence-corrected chi connectivity index (χ0v) is 11.5. The third-order valence-corrected chi connectivity index (χ3v) is 3.08. The minimum absolute atomic E-state index is 0.183. The number of carbonyl (C=O) groups is 1. The Morgan fingerprint density at radius 2 is 2.00 bits per heavy atom. The normalized spacial score (nSPS) is 13.9. The molecule has 2 atom stereocenters. The molecule has 0 aromatic heterocycles. The summed E-state index contributed by atoms with van der Waals surface area (Å²) < 4.78 is 4.88. The lowest BCUT2D eigenvalue weighted by Gasteiger charge is -2.19. The summed E-state index contributed by atoms with van der Waals surface area (Å²) in [7, 11) is 1.44. The van der Waals surface area contributed by atoms with Gasteiger partial charge in [-0.3, -0.25) is 4.79 Å². The molecule has 3 heteroatoms. The SMILES string of the molecule is CCCC(C)NCC(C(=O)OC)c1ccccc1.